The highest BCUT2D eigenvalue weighted by Crippen LogP contribution is 2.47. The second kappa shape index (κ2) is 60.6. The molecule has 680 valence electrons. The lowest BCUT2D eigenvalue weighted by atomic mass is 9.79. The van der Waals surface area contributed by atoms with Crippen LogP contribution >= 0.6 is 31.3 Å². The molecule has 46 heteroatoms. The predicted octanol–water partition coefficient (Wildman–Crippen LogP) is 0.685. The van der Waals surface area contributed by atoms with Crippen molar-refractivity contribution in [2.24, 2.45) is 23.2 Å². The van der Waals surface area contributed by atoms with Crippen LogP contribution < -0.4 is 16.0 Å². The van der Waals surface area contributed by atoms with Crippen molar-refractivity contribution >= 4 is 49.0 Å². The molecular formula is C69H135N3O39P4. The molecule has 1 aliphatic heterocycles. The Balaban J connectivity index is 1.63. The predicted molar refractivity (Wildman–Crippen MR) is 405 cm³/mol. The van der Waals surface area contributed by atoms with Crippen molar-refractivity contribution in [1.29, 1.82) is 0 Å². The summed E-state index contributed by atoms with van der Waals surface area (Å²) in [6, 6.07) is -2.87. The zero-order valence-electron chi connectivity index (χ0n) is 66.8. The summed E-state index contributed by atoms with van der Waals surface area (Å²) in [4.78, 5) is 77.8. The monoisotopic (exact) mass is 1750 g/mol. The molecule has 13 unspecified atom stereocenters. The van der Waals surface area contributed by atoms with Crippen molar-refractivity contribution in [2.75, 3.05) is 179 Å². The standard InChI is InChI=1S/C69H135N3O39P4/c1-50(77)70-59-56(38-54(41-74)62(80)65(59)83)100-28-11-5-8-14-31-103-112(86,87)106-35-19-25-97-46-69(49-110-115(92,93)109-34-18-24-96-45-53(40-73)44-95-23-17-22-94-4,47-98-26-20-36-107-113(88,89)104-32-15-9-6-12-29-101-57-39-55(42-75)63(81)66(84)60(57)71-51(2)78)48-99-27-21-37-108-114(90,91)105-33-16-10-7-13-30-102-68-61(72-52(3)79)67(85)64(82)58(43-76)111-68/h53-68,73-76,80-85H,5-49H2,1-4H3,(H,70,77)(H,71,78)(H,72,79)(H,86,87)(H,88,89)(H,90,91)(H,92,93)/t53?,54?,55?,56-,57-,58?,59-,60?,61+,62?,63+,64+,65?,66-,67?,68-,69?/m1/s1. The van der Waals surface area contributed by atoms with Crippen molar-refractivity contribution in [3.63, 3.8) is 0 Å². The first kappa shape index (κ1) is 107. The van der Waals surface area contributed by atoms with E-state index in [1.165, 1.54) is 20.8 Å². The minimum absolute atomic E-state index is 0.00130. The molecule has 1 heterocycles. The van der Waals surface area contributed by atoms with Gasteiger partial charge in [-0.05, 0) is 83.5 Å². The molecular weight excluding hydrogens is 1620 g/mol. The minimum atomic E-state index is -4.90. The fourth-order valence-corrected chi connectivity index (χ4v) is 15.7. The maximum atomic E-state index is 13.6. The van der Waals surface area contributed by atoms with Crippen LogP contribution in [0.2, 0.25) is 0 Å². The van der Waals surface area contributed by atoms with Gasteiger partial charge in [0.2, 0.25) is 17.7 Å². The fourth-order valence-electron chi connectivity index (χ4n) is 12.4. The Kier molecular flexibility index (Phi) is 56.5. The molecule has 0 bridgehead atoms. The van der Waals surface area contributed by atoms with E-state index >= 15 is 0 Å². The summed E-state index contributed by atoms with van der Waals surface area (Å²) in [6.45, 7) is 0.0602. The van der Waals surface area contributed by atoms with Crippen molar-refractivity contribution in [1.82, 2.24) is 16.0 Å². The summed E-state index contributed by atoms with van der Waals surface area (Å²) in [5.74, 6) is -3.00. The molecule has 21 atom stereocenters. The Morgan fingerprint density at radius 1 is 0.374 bits per heavy atom. The number of aliphatic hydroxyl groups is 10. The number of carbonyl (C=O) groups is 3. The van der Waals surface area contributed by atoms with E-state index < -0.39 is 159 Å². The van der Waals surface area contributed by atoms with E-state index in [0.29, 0.717) is 96.7 Å². The van der Waals surface area contributed by atoms with Crippen LogP contribution in [-0.2, 0) is 116 Å². The summed E-state index contributed by atoms with van der Waals surface area (Å²) in [7, 11) is -17.1. The summed E-state index contributed by atoms with van der Waals surface area (Å²) in [6.07, 6.45) is -4.64. The zero-order chi connectivity index (χ0) is 85.1. The molecule has 1 saturated heterocycles. The topological polar surface area (TPSA) is 605 Å². The summed E-state index contributed by atoms with van der Waals surface area (Å²) >= 11 is 0. The van der Waals surface area contributed by atoms with Gasteiger partial charge in [0, 0.05) is 118 Å². The van der Waals surface area contributed by atoms with E-state index in [-0.39, 0.29) is 190 Å². The summed E-state index contributed by atoms with van der Waals surface area (Å²) < 4.78 is 152. The number of phosphoric acid groups is 4. The number of amides is 3. The fraction of sp³-hybridized carbons (Fsp3) is 0.957. The number of rotatable bonds is 71. The Hall–Kier alpha value is -1.95. The number of ether oxygens (including phenoxy) is 10. The van der Waals surface area contributed by atoms with Gasteiger partial charge >= 0.3 is 31.3 Å². The van der Waals surface area contributed by atoms with Crippen LogP contribution in [0.1, 0.15) is 143 Å². The minimum Gasteiger partial charge on any atom is -0.396 e. The Bertz CT molecular complexity index is 2530. The second-order valence-corrected chi connectivity index (χ2v) is 34.5. The number of aliphatic hydroxyl groups excluding tert-OH is 10. The van der Waals surface area contributed by atoms with E-state index in [1.807, 2.05) is 0 Å². The molecule has 0 aromatic heterocycles. The molecule has 3 rings (SSSR count). The van der Waals surface area contributed by atoms with E-state index in [2.05, 4.69) is 16.0 Å². The summed E-state index contributed by atoms with van der Waals surface area (Å²) in [5, 5.41) is 109. The Morgan fingerprint density at radius 2 is 0.687 bits per heavy atom. The Morgan fingerprint density at radius 3 is 1.03 bits per heavy atom. The van der Waals surface area contributed by atoms with Crippen molar-refractivity contribution in [2.45, 2.75) is 222 Å². The smallest absolute Gasteiger partial charge is 0.396 e. The lowest BCUT2D eigenvalue weighted by Gasteiger charge is -2.42. The van der Waals surface area contributed by atoms with Crippen LogP contribution in [0.3, 0.4) is 0 Å². The van der Waals surface area contributed by atoms with Crippen LogP contribution in [0, 0.1) is 23.2 Å². The molecule has 0 radical (unpaired) electrons. The maximum absolute atomic E-state index is 13.6. The van der Waals surface area contributed by atoms with Gasteiger partial charge in [0.25, 0.3) is 0 Å². The number of hydrogen-bond donors (Lipinski definition) is 17. The number of hydrogen-bond acceptors (Lipinski definition) is 35. The normalized spacial score (nSPS) is 26.9. The number of unbranched alkanes of at least 4 members (excludes halogenated alkanes) is 9. The van der Waals surface area contributed by atoms with Gasteiger partial charge in [-0.1, -0.05) is 38.5 Å². The van der Waals surface area contributed by atoms with E-state index in [4.69, 9.17) is 83.6 Å². The van der Waals surface area contributed by atoms with Gasteiger partial charge in [-0.25, -0.2) is 18.3 Å². The molecule has 17 N–H and O–H groups in total. The third kappa shape index (κ3) is 46.4. The zero-order valence-corrected chi connectivity index (χ0v) is 70.4. The molecule has 0 aromatic carbocycles. The molecule has 2 saturated carbocycles. The largest absolute Gasteiger partial charge is 0.472 e. The molecule has 3 aliphatic rings. The number of phosphoric ester groups is 4. The van der Waals surface area contributed by atoms with Crippen LogP contribution in [0.4, 0.5) is 0 Å². The lowest BCUT2D eigenvalue weighted by molar-refractivity contribution is -0.270. The summed E-state index contributed by atoms with van der Waals surface area (Å²) in [5.41, 5.74) is -1.50. The van der Waals surface area contributed by atoms with Gasteiger partial charge in [-0.15, -0.1) is 0 Å². The lowest BCUT2D eigenvalue weighted by Crippen LogP contribution is -2.64. The molecule has 115 heavy (non-hydrogen) atoms. The van der Waals surface area contributed by atoms with E-state index in [9.17, 15) is 103 Å². The molecule has 42 nitrogen and oxygen atoms in total. The van der Waals surface area contributed by atoms with Gasteiger partial charge in [0.1, 0.15) is 36.6 Å². The average Bonchev–Trinajstić information content (AvgIpc) is 0.816. The SMILES string of the molecule is COCCCOCC(CO)COCCCOP(=O)(O)OCC(COCCCOP(=O)(O)OCCCCCCO[C@@H]1OC(CO)[C@H](O)C(O)[C@@H]1NC(C)=O)(COCCCOP(=O)(O)OCCCCCCO[C@@H]1CC(CO)[C@H](O)[C@H](O)C1NC(C)=O)COCCCOP(=O)(O)OCCCCCCO[C@@H]1CC(CO)C(O)C(O)[C@@H]1NC(C)=O. The second-order valence-electron chi connectivity index (χ2n) is 28.7. The number of nitrogens with one attached hydrogen (secondary N) is 3. The third-order valence-corrected chi connectivity index (χ3v) is 22.7. The maximum Gasteiger partial charge on any atom is 0.472 e. The van der Waals surface area contributed by atoms with Crippen LogP contribution in [0.25, 0.3) is 0 Å². The quantitative estimate of drug-likeness (QED) is 0.0294. The van der Waals surface area contributed by atoms with Crippen LogP contribution in [0.5, 0.6) is 0 Å². The number of carbonyl (C=O) groups excluding carboxylic acids is 3. The first-order chi connectivity index (χ1) is 54.8. The van der Waals surface area contributed by atoms with Gasteiger partial charge in [0.15, 0.2) is 6.29 Å². The molecule has 0 spiro atoms. The van der Waals surface area contributed by atoms with E-state index in [1.54, 1.807) is 7.11 Å². The molecule has 3 fully saturated rings. The van der Waals surface area contributed by atoms with Crippen LogP contribution in [0.15, 0.2) is 0 Å². The van der Waals surface area contributed by atoms with Gasteiger partial charge < -0.3 is 134 Å². The molecule has 2 aliphatic carbocycles. The average molecular weight is 1750 g/mol. The van der Waals surface area contributed by atoms with Crippen molar-refractivity contribution in [3.8, 4) is 0 Å². The van der Waals surface area contributed by atoms with Crippen molar-refractivity contribution in [3.05, 3.63) is 0 Å². The van der Waals surface area contributed by atoms with Gasteiger partial charge in [0.05, 0.1) is 141 Å². The van der Waals surface area contributed by atoms with Gasteiger partial charge in [-0.2, -0.15) is 0 Å². The van der Waals surface area contributed by atoms with Crippen LogP contribution in [-0.4, -0.2) is 347 Å². The highest BCUT2D eigenvalue weighted by Gasteiger charge is 2.48. The first-order valence-electron chi connectivity index (χ1n) is 39.5. The first-order valence-corrected chi connectivity index (χ1v) is 45.4. The van der Waals surface area contributed by atoms with Gasteiger partial charge in [-0.3, -0.25) is 50.6 Å². The molecule has 0 aromatic rings. The highest BCUT2D eigenvalue weighted by atomic mass is 31.2. The molecule has 3 amide bonds. The highest BCUT2D eigenvalue weighted by molar-refractivity contribution is 7.48. The third-order valence-electron chi connectivity index (χ3n) is 18.7. The Labute approximate surface area is 673 Å². The van der Waals surface area contributed by atoms with E-state index in [0.717, 1.165) is 0 Å². The van der Waals surface area contributed by atoms with Crippen molar-refractivity contribution < 1.29 is 187 Å². The number of methoxy groups -OCH3 is 1.